The van der Waals surface area contributed by atoms with Crippen LogP contribution >= 0.6 is 0 Å². The van der Waals surface area contributed by atoms with Crippen LogP contribution < -0.4 is 0 Å². The lowest BCUT2D eigenvalue weighted by Crippen LogP contribution is -2.16. The van der Waals surface area contributed by atoms with Crippen LogP contribution in [0, 0.1) is 6.08 Å². The molecule has 0 saturated carbocycles. The molecule has 1 atom stereocenters. The maximum absolute atomic E-state index is 13.7. The van der Waals surface area contributed by atoms with Crippen molar-refractivity contribution in [3.8, 4) is 0 Å². The fourth-order valence-electron chi connectivity index (χ4n) is 1.84. The molecule has 0 spiro atoms. The highest BCUT2D eigenvalue weighted by molar-refractivity contribution is 5.87. The van der Waals surface area contributed by atoms with Gasteiger partial charge in [-0.05, 0) is 12.5 Å². The Kier molecular flexibility index (Phi) is 3.41. The zero-order valence-electron chi connectivity index (χ0n) is 10.1. The molecular formula is C13H13FN2O2. The Morgan fingerprint density at radius 1 is 1.39 bits per heavy atom. The Balaban J connectivity index is 2.45. The van der Waals surface area contributed by atoms with Gasteiger partial charge in [-0.1, -0.05) is 30.3 Å². The van der Waals surface area contributed by atoms with Gasteiger partial charge in [-0.3, -0.25) is 4.57 Å². The average Bonchev–Trinajstić information content (AvgIpc) is 2.80. The molecule has 0 saturated heterocycles. The molecule has 2 rings (SSSR count). The third kappa shape index (κ3) is 2.11. The van der Waals surface area contributed by atoms with Gasteiger partial charge in [0.2, 0.25) is 0 Å². The second-order valence-electron chi connectivity index (χ2n) is 3.86. The minimum atomic E-state index is -0.702. The summed E-state index contributed by atoms with van der Waals surface area (Å²) in [5.74, 6) is -0.603. The van der Waals surface area contributed by atoms with E-state index >= 15 is 0 Å². The van der Waals surface area contributed by atoms with Crippen molar-refractivity contribution < 1.29 is 13.9 Å². The van der Waals surface area contributed by atoms with Gasteiger partial charge in [0.05, 0.1) is 19.3 Å². The number of nitrogens with zero attached hydrogens (tertiary/aromatic N) is 2. The normalized spacial score (nSPS) is 12.2. The van der Waals surface area contributed by atoms with Crippen molar-refractivity contribution in [2.24, 2.45) is 0 Å². The smallest absolute Gasteiger partial charge is 0.356 e. The summed E-state index contributed by atoms with van der Waals surface area (Å²) in [7, 11) is 1.25. The van der Waals surface area contributed by atoms with E-state index in [1.54, 1.807) is 6.92 Å². The predicted molar refractivity (Wildman–Crippen MR) is 63.8 cm³/mol. The standard InChI is InChI=1S/C13H13FN2O2/c1-9(10-6-4-3-5-7-10)16-11(12(17)18-2)8-15-13(16)14/h3-9H,1-2H3. The highest BCUT2D eigenvalue weighted by atomic mass is 19.1. The van der Waals surface area contributed by atoms with Crippen molar-refractivity contribution in [1.29, 1.82) is 0 Å². The van der Waals surface area contributed by atoms with Gasteiger partial charge in [0, 0.05) is 0 Å². The van der Waals surface area contributed by atoms with Crippen LogP contribution in [0.2, 0.25) is 0 Å². The molecule has 0 bridgehead atoms. The van der Waals surface area contributed by atoms with Gasteiger partial charge in [-0.25, -0.2) is 9.78 Å². The van der Waals surface area contributed by atoms with Gasteiger partial charge in [0.15, 0.2) is 0 Å². The van der Waals surface area contributed by atoms with Crippen LogP contribution in [-0.2, 0) is 4.74 Å². The number of esters is 1. The summed E-state index contributed by atoms with van der Waals surface area (Å²) in [6.45, 7) is 1.80. The molecule has 5 heteroatoms. The van der Waals surface area contributed by atoms with Crippen molar-refractivity contribution in [2.45, 2.75) is 13.0 Å². The third-order valence-corrected chi connectivity index (χ3v) is 2.82. The number of imidazole rings is 1. The molecule has 0 radical (unpaired) electrons. The molecule has 0 N–H and O–H groups in total. The van der Waals surface area contributed by atoms with Crippen LogP contribution in [0.4, 0.5) is 4.39 Å². The van der Waals surface area contributed by atoms with E-state index in [1.165, 1.54) is 17.9 Å². The van der Waals surface area contributed by atoms with E-state index in [9.17, 15) is 9.18 Å². The molecule has 1 heterocycles. The molecule has 0 aliphatic rings. The highest BCUT2D eigenvalue weighted by Crippen LogP contribution is 2.21. The largest absolute Gasteiger partial charge is 0.464 e. The Morgan fingerprint density at radius 3 is 2.67 bits per heavy atom. The van der Waals surface area contributed by atoms with E-state index in [-0.39, 0.29) is 11.7 Å². The number of hydrogen-bond donors (Lipinski definition) is 0. The first-order chi connectivity index (χ1) is 8.65. The van der Waals surface area contributed by atoms with Crippen molar-refractivity contribution in [1.82, 2.24) is 9.55 Å². The fraction of sp³-hybridized carbons (Fsp3) is 0.231. The predicted octanol–water partition coefficient (Wildman–Crippen LogP) is 2.42. The quantitative estimate of drug-likeness (QED) is 0.783. The highest BCUT2D eigenvalue weighted by Gasteiger charge is 2.21. The average molecular weight is 248 g/mol. The van der Waals surface area contributed by atoms with Crippen LogP contribution in [0.15, 0.2) is 36.5 Å². The Labute approximate surface area is 104 Å². The number of hydrogen-bond acceptors (Lipinski definition) is 3. The van der Waals surface area contributed by atoms with E-state index in [1.807, 2.05) is 30.3 Å². The third-order valence-electron chi connectivity index (χ3n) is 2.82. The van der Waals surface area contributed by atoms with Gasteiger partial charge >= 0.3 is 5.97 Å². The van der Waals surface area contributed by atoms with Crippen LogP contribution in [0.3, 0.4) is 0 Å². The van der Waals surface area contributed by atoms with Crippen LogP contribution in [0.1, 0.15) is 29.0 Å². The Bertz CT molecular complexity index is 551. The molecule has 0 amide bonds. The summed E-state index contributed by atoms with van der Waals surface area (Å²) < 4.78 is 19.5. The SMILES string of the molecule is COC(=O)c1cnc(F)n1C(C)c1ccccc1. The molecule has 0 aliphatic carbocycles. The lowest BCUT2D eigenvalue weighted by molar-refractivity contribution is 0.0585. The molecule has 0 aliphatic heterocycles. The van der Waals surface area contributed by atoms with E-state index in [0.717, 1.165) is 5.56 Å². The molecule has 2 aromatic rings. The second-order valence-corrected chi connectivity index (χ2v) is 3.86. The first kappa shape index (κ1) is 12.3. The van der Waals surface area contributed by atoms with Crippen molar-refractivity contribution in [3.63, 3.8) is 0 Å². The van der Waals surface area contributed by atoms with Crippen molar-refractivity contribution >= 4 is 5.97 Å². The summed E-state index contributed by atoms with van der Waals surface area (Å²) >= 11 is 0. The zero-order chi connectivity index (χ0) is 13.1. The van der Waals surface area contributed by atoms with Crippen LogP contribution in [0.25, 0.3) is 0 Å². The van der Waals surface area contributed by atoms with Gasteiger partial charge in [-0.15, -0.1) is 0 Å². The molecule has 94 valence electrons. The summed E-state index contributed by atoms with van der Waals surface area (Å²) in [5.41, 5.74) is 0.992. The fourth-order valence-corrected chi connectivity index (χ4v) is 1.84. The minimum absolute atomic E-state index is 0.103. The number of methoxy groups -OCH3 is 1. The van der Waals surface area contributed by atoms with Gasteiger partial charge in [0.1, 0.15) is 5.69 Å². The van der Waals surface area contributed by atoms with Gasteiger partial charge in [-0.2, -0.15) is 4.39 Å². The number of benzene rings is 1. The van der Waals surface area contributed by atoms with Crippen molar-refractivity contribution in [3.05, 3.63) is 53.9 Å². The topological polar surface area (TPSA) is 44.1 Å². The summed E-state index contributed by atoms with van der Waals surface area (Å²) in [4.78, 5) is 15.1. The lowest BCUT2D eigenvalue weighted by atomic mass is 10.1. The first-order valence-electron chi connectivity index (χ1n) is 5.51. The Morgan fingerprint density at radius 2 is 2.06 bits per heavy atom. The van der Waals surface area contributed by atoms with Gasteiger partial charge < -0.3 is 4.74 Å². The first-order valence-corrected chi connectivity index (χ1v) is 5.51. The lowest BCUT2D eigenvalue weighted by Gasteiger charge is -2.16. The second kappa shape index (κ2) is 5.00. The number of halogens is 1. The summed E-state index contributed by atoms with van der Waals surface area (Å²) in [6.07, 6.45) is 0.479. The summed E-state index contributed by atoms with van der Waals surface area (Å²) in [5, 5.41) is 0. The maximum atomic E-state index is 13.7. The minimum Gasteiger partial charge on any atom is -0.464 e. The zero-order valence-corrected chi connectivity index (χ0v) is 10.1. The van der Waals surface area contributed by atoms with E-state index < -0.39 is 12.0 Å². The molecule has 4 nitrogen and oxygen atoms in total. The molecule has 1 aromatic carbocycles. The molecule has 1 unspecified atom stereocenters. The van der Waals surface area contributed by atoms with Crippen LogP contribution in [-0.4, -0.2) is 22.6 Å². The number of rotatable bonds is 3. The van der Waals surface area contributed by atoms with Crippen LogP contribution in [0.5, 0.6) is 0 Å². The number of aromatic nitrogens is 2. The molecular weight excluding hydrogens is 235 g/mol. The summed E-state index contributed by atoms with van der Waals surface area (Å²) in [6, 6.07) is 9.00. The van der Waals surface area contributed by atoms with E-state index in [4.69, 9.17) is 0 Å². The monoisotopic (exact) mass is 248 g/mol. The van der Waals surface area contributed by atoms with E-state index in [0.29, 0.717) is 0 Å². The number of carbonyl (C=O) groups excluding carboxylic acids is 1. The van der Waals surface area contributed by atoms with Gasteiger partial charge in [0.25, 0.3) is 6.08 Å². The van der Waals surface area contributed by atoms with E-state index in [2.05, 4.69) is 9.72 Å². The Hall–Kier alpha value is -2.17. The van der Waals surface area contributed by atoms with Crippen molar-refractivity contribution in [2.75, 3.05) is 7.11 Å². The molecule has 1 aromatic heterocycles. The number of carbonyl (C=O) groups is 1. The number of ether oxygens (including phenoxy) is 1. The molecule has 18 heavy (non-hydrogen) atoms. The maximum Gasteiger partial charge on any atom is 0.356 e. The molecule has 0 fully saturated rings.